The van der Waals surface area contributed by atoms with Gasteiger partial charge in [0.1, 0.15) is 0 Å². The van der Waals surface area contributed by atoms with Crippen molar-refractivity contribution in [2.45, 2.75) is 44.8 Å². The van der Waals surface area contributed by atoms with Gasteiger partial charge in [0.25, 0.3) is 0 Å². The van der Waals surface area contributed by atoms with Crippen LogP contribution in [0, 0.1) is 0 Å². The van der Waals surface area contributed by atoms with Gasteiger partial charge in [-0.2, -0.15) is 0 Å². The first-order valence-electron chi connectivity index (χ1n) is 10.7. The minimum atomic E-state index is 0.231. The molecule has 1 saturated heterocycles. The van der Waals surface area contributed by atoms with Crippen molar-refractivity contribution in [1.82, 2.24) is 9.80 Å². The van der Waals surface area contributed by atoms with Crippen LogP contribution in [0.25, 0.3) is 0 Å². The second-order valence-corrected chi connectivity index (χ2v) is 8.48. The van der Waals surface area contributed by atoms with Crippen LogP contribution in [0.2, 0.25) is 5.02 Å². The Morgan fingerprint density at radius 1 is 1.17 bits per heavy atom. The molecule has 2 aromatic rings. The fraction of sp³-hybridized carbons (Fsp3) is 0.458. The highest BCUT2D eigenvalue weighted by molar-refractivity contribution is 6.30. The fourth-order valence-corrected chi connectivity index (χ4v) is 4.68. The Labute approximate surface area is 183 Å². The third kappa shape index (κ3) is 4.90. The first-order chi connectivity index (χ1) is 14.6. The van der Waals surface area contributed by atoms with Crippen LogP contribution in [0.3, 0.4) is 0 Å². The van der Waals surface area contributed by atoms with Gasteiger partial charge in [-0.3, -0.25) is 9.69 Å². The molecule has 1 fully saturated rings. The largest absolute Gasteiger partial charge is 0.493 e. The number of halogens is 1. The number of ether oxygens (including phenoxy) is 2. The van der Waals surface area contributed by atoms with E-state index in [-0.39, 0.29) is 5.91 Å². The van der Waals surface area contributed by atoms with E-state index in [0.717, 1.165) is 61.5 Å². The molecule has 6 heteroatoms. The number of hydrogen-bond donors (Lipinski definition) is 0. The van der Waals surface area contributed by atoms with E-state index in [1.165, 1.54) is 0 Å². The number of amides is 1. The molecule has 2 heterocycles. The molecule has 0 aromatic heterocycles. The molecular formula is C24H29ClN2O3. The normalized spacial score (nSPS) is 20.5. The van der Waals surface area contributed by atoms with Gasteiger partial charge in [0, 0.05) is 49.2 Å². The Balaban J connectivity index is 1.46. The maximum atomic E-state index is 12.8. The van der Waals surface area contributed by atoms with Crippen molar-refractivity contribution in [3.05, 3.63) is 58.6 Å². The molecule has 0 aliphatic carbocycles. The number of benzene rings is 2. The Kier molecular flexibility index (Phi) is 6.80. The number of nitrogens with zero attached hydrogens (tertiary/aromatic N) is 2. The van der Waals surface area contributed by atoms with Crippen molar-refractivity contribution in [1.29, 1.82) is 0 Å². The van der Waals surface area contributed by atoms with Gasteiger partial charge in [-0.25, -0.2) is 0 Å². The maximum Gasteiger partial charge on any atom is 0.222 e. The molecule has 0 N–H and O–H groups in total. The maximum absolute atomic E-state index is 12.8. The summed E-state index contributed by atoms with van der Waals surface area (Å²) in [6.07, 6.45) is 3.43. The van der Waals surface area contributed by atoms with Crippen LogP contribution < -0.4 is 9.47 Å². The standard InChI is InChI=1S/C24H29ClN2O3/c1-29-22-8-3-6-19-17-26(12-4-14-30-24(19)22)21-9-10-23(28)27(13-11-21)16-18-5-2-7-20(25)15-18/h2-3,5-8,15,21H,4,9-14,16-17H2,1H3/t21-/m1/s1. The Bertz CT molecular complexity index is 889. The molecule has 0 saturated carbocycles. The quantitative estimate of drug-likeness (QED) is 0.718. The number of methoxy groups -OCH3 is 1. The smallest absolute Gasteiger partial charge is 0.222 e. The molecule has 160 valence electrons. The number of fused-ring (bicyclic) bond motifs is 1. The lowest BCUT2D eigenvalue weighted by Gasteiger charge is -2.33. The van der Waals surface area contributed by atoms with Gasteiger partial charge in [-0.05, 0) is 43.0 Å². The van der Waals surface area contributed by atoms with Gasteiger partial charge < -0.3 is 14.4 Å². The average Bonchev–Trinajstić information content (AvgIpc) is 2.90. The lowest BCUT2D eigenvalue weighted by Crippen LogP contribution is -2.38. The molecule has 30 heavy (non-hydrogen) atoms. The van der Waals surface area contributed by atoms with Crippen LogP contribution in [-0.4, -0.2) is 48.6 Å². The minimum Gasteiger partial charge on any atom is -0.493 e. The Morgan fingerprint density at radius 2 is 2.03 bits per heavy atom. The zero-order valence-corrected chi connectivity index (χ0v) is 18.2. The zero-order valence-electron chi connectivity index (χ0n) is 17.5. The molecule has 1 atom stereocenters. The van der Waals surface area contributed by atoms with E-state index in [1.54, 1.807) is 7.11 Å². The molecule has 4 rings (SSSR count). The lowest BCUT2D eigenvalue weighted by atomic mass is 10.0. The molecule has 5 nitrogen and oxygen atoms in total. The van der Waals surface area contributed by atoms with E-state index in [1.807, 2.05) is 41.3 Å². The van der Waals surface area contributed by atoms with Crippen molar-refractivity contribution in [3.63, 3.8) is 0 Å². The first kappa shape index (κ1) is 21.0. The number of para-hydroxylation sites is 1. The summed E-state index contributed by atoms with van der Waals surface area (Å²) < 4.78 is 11.5. The molecule has 2 aliphatic rings. The summed E-state index contributed by atoms with van der Waals surface area (Å²) in [6.45, 7) is 3.87. The van der Waals surface area contributed by atoms with Crippen molar-refractivity contribution >= 4 is 17.5 Å². The predicted octanol–water partition coefficient (Wildman–Crippen LogP) is 4.51. The first-order valence-corrected chi connectivity index (χ1v) is 11.1. The number of hydrogen-bond acceptors (Lipinski definition) is 4. The molecule has 1 amide bonds. The monoisotopic (exact) mass is 428 g/mol. The van der Waals surface area contributed by atoms with E-state index >= 15 is 0 Å². The summed E-state index contributed by atoms with van der Waals surface area (Å²) in [5.74, 6) is 1.88. The lowest BCUT2D eigenvalue weighted by molar-refractivity contribution is -0.131. The van der Waals surface area contributed by atoms with Crippen LogP contribution in [0.5, 0.6) is 11.5 Å². The summed E-state index contributed by atoms with van der Waals surface area (Å²) in [5.41, 5.74) is 2.24. The van der Waals surface area contributed by atoms with E-state index in [2.05, 4.69) is 11.0 Å². The van der Waals surface area contributed by atoms with Crippen LogP contribution in [0.1, 0.15) is 36.8 Å². The van der Waals surface area contributed by atoms with Crippen molar-refractivity contribution < 1.29 is 14.3 Å². The zero-order chi connectivity index (χ0) is 20.9. The van der Waals surface area contributed by atoms with Crippen molar-refractivity contribution in [3.8, 4) is 11.5 Å². The minimum absolute atomic E-state index is 0.231. The summed E-state index contributed by atoms with van der Waals surface area (Å²) in [5, 5.41) is 0.713. The van der Waals surface area contributed by atoms with Crippen LogP contribution in [0.15, 0.2) is 42.5 Å². The van der Waals surface area contributed by atoms with Crippen LogP contribution in [0.4, 0.5) is 0 Å². The van der Waals surface area contributed by atoms with E-state index < -0.39 is 0 Å². The number of rotatable bonds is 4. The number of likely N-dealkylation sites (tertiary alicyclic amines) is 1. The molecule has 2 aliphatic heterocycles. The topological polar surface area (TPSA) is 42.0 Å². The van der Waals surface area contributed by atoms with E-state index in [0.29, 0.717) is 30.6 Å². The van der Waals surface area contributed by atoms with E-state index in [9.17, 15) is 4.79 Å². The third-order valence-corrected chi connectivity index (χ3v) is 6.28. The summed E-state index contributed by atoms with van der Waals surface area (Å²) in [7, 11) is 1.68. The van der Waals surface area contributed by atoms with Gasteiger partial charge in [0.2, 0.25) is 5.91 Å². The SMILES string of the molecule is COc1cccc2c1OCCCN([C@@H]1CCC(=O)N(Cc3cccc(Cl)c3)CC1)C2. The Hall–Kier alpha value is -2.24. The molecule has 0 unspecified atom stereocenters. The fourth-order valence-electron chi connectivity index (χ4n) is 4.47. The Morgan fingerprint density at radius 3 is 2.87 bits per heavy atom. The van der Waals surface area contributed by atoms with Crippen molar-refractivity contribution in [2.24, 2.45) is 0 Å². The van der Waals surface area contributed by atoms with Crippen LogP contribution >= 0.6 is 11.6 Å². The molecule has 0 radical (unpaired) electrons. The summed E-state index contributed by atoms with van der Waals surface area (Å²) in [4.78, 5) is 17.3. The summed E-state index contributed by atoms with van der Waals surface area (Å²) in [6, 6.07) is 14.2. The molecule has 0 bridgehead atoms. The molecule has 2 aromatic carbocycles. The van der Waals surface area contributed by atoms with Gasteiger partial charge in [-0.15, -0.1) is 0 Å². The number of carbonyl (C=O) groups is 1. The summed E-state index contributed by atoms with van der Waals surface area (Å²) >= 11 is 6.12. The number of carbonyl (C=O) groups excluding carboxylic acids is 1. The highest BCUT2D eigenvalue weighted by Crippen LogP contribution is 2.34. The highest BCUT2D eigenvalue weighted by atomic mass is 35.5. The van der Waals surface area contributed by atoms with Crippen LogP contribution in [-0.2, 0) is 17.9 Å². The van der Waals surface area contributed by atoms with Gasteiger partial charge in [0.05, 0.1) is 13.7 Å². The van der Waals surface area contributed by atoms with Crippen molar-refractivity contribution in [2.75, 3.05) is 26.8 Å². The molecular weight excluding hydrogens is 400 g/mol. The van der Waals surface area contributed by atoms with Gasteiger partial charge in [0.15, 0.2) is 11.5 Å². The van der Waals surface area contributed by atoms with Gasteiger partial charge >= 0.3 is 0 Å². The second-order valence-electron chi connectivity index (χ2n) is 8.05. The van der Waals surface area contributed by atoms with E-state index in [4.69, 9.17) is 21.1 Å². The van der Waals surface area contributed by atoms with Gasteiger partial charge in [-0.1, -0.05) is 35.9 Å². The predicted molar refractivity (Wildman–Crippen MR) is 118 cm³/mol. The molecule has 0 spiro atoms. The third-order valence-electron chi connectivity index (χ3n) is 6.05. The highest BCUT2D eigenvalue weighted by Gasteiger charge is 2.28. The average molecular weight is 429 g/mol. The second kappa shape index (κ2) is 9.71.